The molecule has 0 aliphatic heterocycles. The number of benzene rings is 1. The monoisotopic (exact) mass is 259 g/mol. The van der Waals surface area contributed by atoms with Gasteiger partial charge in [-0.3, -0.25) is 9.59 Å². The molecule has 2 rings (SSSR count). The summed E-state index contributed by atoms with van der Waals surface area (Å²) >= 11 is 0. The number of ketones is 1. The molecule has 1 heterocycles. The molecule has 0 atom stereocenters. The SMILES string of the molecule is CC(=O)c1nn(C)c(=O)n(-c2ccccc2C)c1=O. The van der Waals surface area contributed by atoms with E-state index in [-0.39, 0.29) is 5.69 Å². The number of para-hydroxylation sites is 1. The van der Waals surface area contributed by atoms with E-state index in [9.17, 15) is 14.4 Å². The molecule has 0 fully saturated rings. The van der Waals surface area contributed by atoms with Crippen molar-refractivity contribution in [3.63, 3.8) is 0 Å². The van der Waals surface area contributed by atoms with Crippen LogP contribution in [-0.4, -0.2) is 20.1 Å². The molecule has 98 valence electrons. The molecule has 1 aromatic carbocycles. The van der Waals surface area contributed by atoms with Crippen molar-refractivity contribution in [3.8, 4) is 5.69 Å². The second-order valence-electron chi connectivity index (χ2n) is 4.24. The summed E-state index contributed by atoms with van der Waals surface area (Å²) in [6.07, 6.45) is 0. The van der Waals surface area contributed by atoms with Crippen molar-refractivity contribution in [2.75, 3.05) is 0 Å². The highest BCUT2D eigenvalue weighted by Gasteiger charge is 2.16. The van der Waals surface area contributed by atoms with E-state index in [1.54, 1.807) is 31.2 Å². The number of carbonyl (C=O) groups excluding carboxylic acids is 1. The Morgan fingerprint density at radius 1 is 1.21 bits per heavy atom. The molecule has 6 heteroatoms. The Morgan fingerprint density at radius 3 is 2.42 bits per heavy atom. The molecule has 0 saturated heterocycles. The predicted molar refractivity (Wildman–Crippen MR) is 69.8 cm³/mol. The Hall–Kier alpha value is -2.50. The Kier molecular flexibility index (Phi) is 3.16. The molecular formula is C13H13N3O3. The summed E-state index contributed by atoms with van der Waals surface area (Å²) in [6.45, 7) is 3.03. The van der Waals surface area contributed by atoms with Crippen LogP contribution in [0.15, 0.2) is 33.9 Å². The van der Waals surface area contributed by atoms with Crippen LogP contribution in [0.1, 0.15) is 23.0 Å². The number of hydrogen-bond acceptors (Lipinski definition) is 4. The minimum Gasteiger partial charge on any atom is -0.292 e. The maximum atomic E-state index is 12.2. The maximum Gasteiger partial charge on any atom is 0.351 e. The van der Waals surface area contributed by atoms with Gasteiger partial charge in [0.1, 0.15) is 0 Å². The van der Waals surface area contributed by atoms with Crippen LogP contribution in [0.3, 0.4) is 0 Å². The highest BCUT2D eigenvalue weighted by molar-refractivity contribution is 5.91. The van der Waals surface area contributed by atoms with Gasteiger partial charge in [-0.25, -0.2) is 14.0 Å². The van der Waals surface area contributed by atoms with E-state index < -0.39 is 17.0 Å². The number of rotatable bonds is 2. The third-order valence-electron chi connectivity index (χ3n) is 2.81. The van der Waals surface area contributed by atoms with Crippen molar-refractivity contribution in [3.05, 3.63) is 56.4 Å². The smallest absolute Gasteiger partial charge is 0.292 e. The average Bonchev–Trinajstić information content (AvgIpc) is 2.36. The van der Waals surface area contributed by atoms with Crippen LogP contribution >= 0.6 is 0 Å². The lowest BCUT2D eigenvalue weighted by molar-refractivity contribution is 0.100. The van der Waals surface area contributed by atoms with Crippen LogP contribution in [0, 0.1) is 6.92 Å². The van der Waals surface area contributed by atoms with Crippen LogP contribution < -0.4 is 11.2 Å². The number of Topliss-reactive ketones (excluding diaryl/α,β-unsaturated/α-hetero) is 1. The number of aromatic nitrogens is 3. The first-order valence-electron chi connectivity index (χ1n) is 5.70. The van der Waals surface area contributed by atoms with E-state index >= 15 is 0 Å². The van der Waals surface area contributed by atoms with Crippen LogP contribution in [0.2, 0.25) is 0 Å². The normalized spacial score (nSPS) is 10.5. The highest BCUT2D eigenvalue weighted by atomic mass is 16.2. The lowest BCUT2D eigenvalue weighted by atomic mass is 10.2. The zero-order chi connectivity index (χ0) is 14.2. The van der Waals surface area contributed by atoms with Gasteiger partial charge in [0, 0.05) is 14.0 Å². The van der Waals surface area contributed by atoms with Gasteiger partial charge in [0.25, 0.3) is 5.56 Å². The van der Waals surface area contributed by atoms with Crippen molar-refractivity contribution in [1.29, 1.82) is 0 Å². The predicted octanol–water partition coefficient (Wildman–Crippen LogP) is 0.442. The van der Waals surface area contributed by atoms with Crippen LogP contribution in [0.5, 0.6) is 0 Å². The molecule has 0 aliphatic carbocycles. The Balaban J connectivity index is 2.92. The van der Waals surface area contributed by atoms with Crippen LogP contribution in [0.25, 0.3) is 5.69 Å². The summed E-state index contributed by atoms with van der Waals surface area (Å²) in [5.41, 5.74) is -0.292. The van der Waals surface area contributed by atoms with Gasteiger partial charge in [0.05, 0.1) is 5.69 Å². The van der Waals surface area contributed by atoms with E-state index in [4.69, 9.17) is 0 Å². The zero-order valence-electron chi connectivity index (χ0n) is 10.9. The quantitative estimate of drug-likeness (QED) is 0.734. The van der Waals surface area contributed by atoms with Crippen molar-refractivity contribution in [2.45, 2.75) is 13.8 Å². The van der Waals surface area contributed by atoms with E-state index in [1.807, 2.05) is 0 Å². The number of aryl methyl sites for hydroxylation is 2. The van der Waals surface area contributed by atoms with Gasteiger partial charge in [0.15, 0.2) is 11.5 Å². The molecule has 0 aliphatic rings. The third-order valence-corrected chi connectivity index (χ3v) is 2.81. The summed E-state index contributed by atoms with van der Waals surface area (Å²) in [5, 5.41) is 3.71. The molecule has 0 N–H and O–H groups in total. The van der Waals surface area contributed by atoms with E-state index in [1.165, 1.54) is 14.0 Å². The molecule has 0 amide bonds. The average molecular weight is 259 g/mol. The van der Waals surface area contributed by atoms with E-state index in [0.717, 1.165) is 14.8 Å². The molecule has 19 heavy (non-hydrogen) atoms. The molecule has 0 saturated carbocycles. The van der Waals surface area contributed by atoms with Gasteiger partial charge in [0.2, 0.25) is 0 Å². The largest absolute Gasteiger partial charge is 0.351 e. The van der Waals surface area contributed by atoms with Crippen molar-refractivity contribution in [2.24, 2.45) is 7.05 Å². The van der Waals surface area contributed by atoms with Gasteiger partial charge in [-0.2, -0.15) is 5.10 Å². The molecular weight excluding hydrogens is 246 g/mol. The summed E-state index contributed by atoms with van der Waals surface area (Å²) in [5.74, 6) is -0.470. The minimum atomic E-state index is -0.690. The van der Waals surface area contributed by atoms with Crippen molar-refractivity contribution >= 4 is 5.78 Å². The van der Waals surface area contributed by atoms with Crippen LogP contribution in [-0.2, 0) is 7.05 Å². The van der Waals surface area contributed by atoms with Gasteiger partial charge in [-0.1, -0.05) is 18.2 Å². The molecule has 2 aromatic rings. The number of hydrogen-bond donors (Lipinski definition) is 0. The second-order valence-corrected chi connectivity index (χ2v) is 4.24. The molecule has 0 bridgehead atoms. The Labute approximate surface area is 108 Å². The lowest BCUT2D eigenvalue weighted by Gasteiger charge is -2.10. The van der Waals surface area contributed by atoms with Crippen molar-refractivity contribution < 1.29 is 4.79 Å². The van der Waals surface area contributed by atoms with Gasteiger partial charge >= 0.3 is 5.69 Å². The molecule has 0 unspecified atom stereocenters. The van der Waals surface area contributed by atoms with Crippen LogP contribution in [0.4, 0.5) is 0 Å². The van der Waals surface area contributed by atoms with Gasteiger partial charge in [-0.05, 0) is 18.6 Å². The first kappa shape index (κ1) is 12.9. The zero-order valence-corrected chi connectivity index (χ0v) is 10.9. The summed E-state index contributed by atoms with van der Waals surface area (Å²) < 4.78 is 1.96. The number of carbonyl (C=O) groups is 1. The fourth-order valence-corrected chi connectivity index (χ4v) is 1.82. The van der Waals surface area contributed by atoms with Crippen molar-refractivity contribution in [1.82, 2.24) is 14.3 Å². The standard InChI is InChI=1S/C13H13N3O3/c1-8-6-4-5-7-10(8)16-12(18)11(9(2)17)14-15(3)13(16)19/h4-7H,1-3H3. The molecule has 1 aromatic heterocycles. The maximum absolute atomic E-state index is 12.2. The summed E-state index contributed by atoms with van der Waals surface area (Å²) in [7, 11) is 1.41. The van der Waals surface area contributed by atoms with Gasteiger partial charge in [-0.15, -0.1) is 0 Å². The highest BCUT2D eigenvalue weighted by Crippen LogP contribution is 2.08. The molecule has 0 spiro atoms. The fourth-order valence-electron chi connectivity index (χ4n) is 1.82. The lowest BCUT2D eigenvalue weighted by Crippen LogP contribution is -2.42. The second kappa shape index (κ2) is 4.64. The first-order valence-corrected chi connectivity index (χ1v) is 5.70. The third kappa shape index (κ3) is 2.12. The van der Waals surface area contributed by atoms with Gasteiger partial charge < -0.3 is 0 Å². The molecule has 0 radical (unpaired) electrons. The topological polar surface area (TPSA) is 74.0 Å². The summed E-state index contributed by atoms with van der Waals surface area (Å²) in [4.78, 5) is 35.7. The fraction of sp³-hybridized carbons (Fsp3) is 0.231. The minimum absolute atomic E-state index is 0.245. The molecule has 6 nitrogen and oxygen atoms in total. The first-order chi connectivity index (χ1) is 8.93. The number of nitrogens with zero attached hydrogens (tertiary/aromatic N) is 3. The van der Waals surface area contributed by atoms with E-state index in [0.29, 0.717) is 5.69 Å². The Morgan fingerprint density at radius 2 is 1.84 bits per heavy atom. The van der Waals surface area contributed by atoms with E-state index in [2.05, 4.69) is 5.10 Å². The summed E-state index contributed by atoms with van der Waals surface area (Å²) in [6, 6.07) is 6.97. The Bertz CT molecular complexity index is 771.